The molecular formula is C19H34N2. The maximum atomic E-state index is 3.02. The van der Waals surface area contributed by atoms with Crippen LogP contribution < -0.4 is 0 Å². The van der Waals surface area contributed by atoms with Crippen molar-refractivity contribution >= 4 is 0 Å². The highest BCUT2D eigenvalue weighted by Gasteiger charge is 2.50. The van der Waals surface area contributed by atoms with Crippen LogP contribution in [0.15, 0.2) is 0 Å². The Morgan fingerprint density at radius 2 is 1.76 bits per heavy atom. The van der Waals surface area contributed by atoms with E-state index in [-0.39, 0.29) is 0 Å². The molecule has 0 aromatic rings. The van der Waals surface area contributed by atoms with Crippen molar-refractivity contribution < 1.29 is 0 Å². The topological polar surface area (TPSA) is 6.48 Å². The molecule has 21 heavy (non-hydrogen) atoms. The number of nitrogens with zero attached hydrogens (tertiary/aromatic N) is 2. The second-order valence-electron chi connectivity index (χ2n) is 8.23. The minimum absolute atomic E-state index is 0.928. The molecular weight excluding hydrogens is 256 g/mol. The Labute approximate surface area is 131 Å². The van der Waals surface area contributed by atoms with Gasteiger partial charge in [-0.15, -0.1) is 0 Å². The summed E-state index contributed by atoms with van der Waals surface area (Å²) in [4.78, 5) is 5.94. The quantitative estimate of drug-likeness (QED) is 0.777. The molecule has 0 spiro atoms. The van der Waals surface area contributed by atoms with Crippen molar-refractivity contribution in [3.05, 3.63) is 0 Å². The number of hydrogen-bond donors (Lipinski definition) is 0. The molecule has 0 aliphatic carbocycles. The van der Waals surface area contributed by atoms with Gasteiger partial charge in [-0.05, 0) is 63.5 Å². The molecule has 0 saturated carbocycles. The first-order valence-corrected chi connectivity index (χ1v) is 9.88. The maximum Gasteiger partial charge on any atom is 0.0142 e. The first kappa shape index (κ1) is 14.5. The van der Waals surface area contributed by atoms with Gasteiger partial charge in [0, 0.05) is 24.7 Å². The average Bonchev–Trinajstić information content (AvgIpc) is 2.55. The monoisotopic (exact) mass is 290 g/mol. The highest BCUT2D eigenvalue weighted by molar-refractivity contribution is 5.05. The lowest BCUT2D eigenvalue weighted by Gasteiger charge is -2.60. The summed E-state index contributed by atoms with van der Waals surface area (Å²) in [5.41, 5.74) is 0. The third-order valence-corrected chi connectivity index (χ3v) is 7.11. The molecule has 0 radical (unpaired) electrons. The van der Waals surface area contributed by atoms with Crippen LogP contribution in [0.3, 0.4) is 0 Å². The number of unbranched alkanes of at least 4 members (excludes halogenated alkanes) is 1. The van der Waals surface area contributed by atoms with Crippen molar-refractivity contribution in [3.63, 3.8) is 0 Å². The zero-order valence-electron chi connectivity index (χ0n) is 14.0. The lowest BCUT2D eigenvalue weighted by Crippen LogP contribution is -2.67. The van der Waals surface area contributed by atoms with Crippen molar-refractivity contribution in [1.82, 2.24) is 9.80 Å². The fourth-order valence-corrected chi connectivity index (χ4v) is 6.24. The Morgan fingerprint density at radius 1 is 0.952 bits per heavy atom. The van der Waals surface area contributed by atoms with Crippen LogP contribution in [0.2, 0.25) is 0 Å². The summed E-state index contributed by atoms with van der Waals surface area (Å²) in [6, 6.07) is 2.82. The SMILES string of the molecule is CCCCC1C2CC(CN3CCCCC23)C2CCCCN21. The van der Waals surface area contributed by atoms with Crippen LogP contribution in [0.1, 0.15) is 71.1 Å². The first-order valence-electron chi connectivity index (χ1n) is 9.88. The fourth-order valence-electron chi connectivity index (χ4n) is 6.24. The predicted molar refractivity (Wildman–Crippen MR) is 88.5 cm³/mol. The van der Waals surface area contributed by atoms with Crippen LogP contribution >= 0.6 is 0 Å². The van der Waals surface area contributed by atoms with E-state index < -0.39 is 0 Å². The molecule has 4 aliphatic heterocycles. The molecule has 2 bridgehead atoms. The summed E-state index contributed by atoms with van der Waals surface area (Å²) in [5.74, 6) is 2.01. The molecule has 0 aromatic carbocycles. The van der Waals surface area contributed by atoms with Crippen molar-refractivity contribution in [3.8, 4) is 0 Å². The first-order chi connectivity index (χ1) is 10.4. The largest absolute Gasteiger partial charge is 0.300 e. The van der Waals surface area contributed by atoms with Crippen molar-refractivity contribution in [1.29, 1.82) is 0 Å². The second-order valence-corrected chi connectivity index (χ2v) is 8.23. The Hall–Kier alpha value is -0.0800. The van der Waals surface area contributed by atoms with E-state index in [2.05, 4.69) is 16.7 Å². The standard InChI is InChI=1S/C19H34N2/c1-2-3-8-19-16-13-15(17-9-5-7-12-21(17)19)14-20-11-6-4-10-18(16)20/h15-19H,2-14H2,1H3. The Kier molecular flexibility index (Phi) is 4.28. The number of fused-ring (bicyclic) bond motifs is 6. The van der Waals surface area contributed by atoms with Gasteiger partial charge in [-0.1, -0.05) is 32.6 Å². The van der Waals surface area contributed by atoms with Crippen LogP contribution in [-0.2, 0) is 0 Å². The van der Waals surface area contributed by atoms with Crippen LogP contribution in [0.5, 0.6) is 0 Å². The third-order valence-electron chi connectivity index (χ3n) is 7.11. The van der Waals surface area contributed by atoms with Crippen molar-refractivity contribution in [2.75, 3.05) is 19.6 Å². The molecule has 4 fully saturated rings. The van der Waals surface area contributed by atoms with Crippen LogP contribution in [0.4, 0.5) is 0 Å². The van der Waals surface area contributed by atoms with Gasteiger partial charge in [0.1, 0.15) is 0 Å². The minimum Gasteiger partial charge on any atom is -0.300 e. The highest BCUT2D eigenvalue weighted by atomic mass is 15.3. The Morgan fingerprint density at radius 3 is 2.62 bits per heavy atom. The molecule has 120 valence electrons. The summed E-state index contributed by atoms with van der Waals surface area (Å²) in [6.07, 6.45) is 14.8. The third kappa shape index (κ3) is 2.57. The molecule has 2 heteroatoms. The smallest absolute Gasteiger partial charge is 0.0142 e. The van der Waals surface area contributed by atoms with Crippen LogP contribution in [0, 0.1) is 11.8 Å². The van der Waals surface area contributed by atoms with E-state index in [4.69, 9.17) is 0 Å². The van der Waals surface area contributed by atoms with Gasteiger partial charge >= 0.3 is 0 Å². The molecule has 2 nitrogen and oxygen atoms in total. The van der Waals surface area contributed by atoms with Crippen molar-refractivity contribution in [2.45, 2.75) is 89.3 Å². The minimum atomic E-state index is 0.928. The van der Waals surface area contributed by atoms with Gasteiger partial charge in [0.25, 0.3) is 0 Å². The summed E-state index contributed by atoms with van der Waals surface area (Å²) in [5, 5.41) is 0. The van der Waals surface area contributed by atoms with E-state index in [9.17, 15) is 0 Å². The lowest BCUT2D eigenvalue weighted by molar-refractivity contribution is -0.109. The van der Waals surface area contributed by atoms with Gasteiger partial charge in [-0.2, -0.15) is 0 Å². The molecule has 4 rings (SSSR count). The predicted octanol–water partition coefficient (Wildman–Crippen LogP) is 3.90. The van der Waals surface area contributed by atoms with Gasteiger partial charge < -0.3 is 0 Å². The summed E-state index contributed by atoms with van der Waals surface area (Å²) in [6.45, 7) is 6.62. The van der Waals surface area contributed by atoms with E-state index in [0.717, 1.165) is 30.0 Å². The lowest BCUT2D eigenvalue weighted by atomic mass is 9.66. The maximum absolute atomic E-state index is 3.02. The second kappa shape index (κ2) is 6.20. The van der Waals surface area contributed by atoms with Gasteiger partial charge in [0.05, 0.1) is 0 Å². The van der Waals surface area contributed by atoms with Gasteiger partial charge in [-0.25, -0.2) is 0 Å². The van der Waals surface area contributed by atoms with Gasteiger partial charge in [0.2, 0.25) is 0 Å². The fraction of sp³-hybridized carbons (Fsp3) is 1.00. The number of rotatable bonds is 3. The number of hydrogen-bond acceptors (Lipinski definition) is 2. The van der Waals surface area contributed by atoms with Gasteiger partial charge in [-0.3, -0.25) is 9.80 Å². The van der Waals surface area contributed by atoms with Gasteiger partial charge in [0.15, 0.2) is 0 Å². The molecule has 0 N–H and O–H groups in total. The Balaban J connectivity index is 1.59. The van der Waals surface area contributed by atoms with E-state index in [1.54, 1.807) is 6.42 Å². The Bertz CT molecular complexity index is 353. The molecule has 5 unspecified atom stereocenters. The molecule has 4 saturated heterocycles. The van der Waals surface area contributed by atoms with E-state index in [0.29, 0.717) is 0 Å². The summed E-state index contributed by atoms with van der Waals surface area (Å²) in [7, 11) is 0. The average molecular weight is 290 g/mol. The summed E-state index contributed by atoms with van der Waals surface area (Å²) >= 11 is 0. The normalized spacial score (nSPS) is 44.1. The molecule has 5 atom stereocenters. The molecule has 4 aliphatic rings. The molecule has 0 aromatic heterocycles. The molecule has 4 heterocycles. The molecule has 0 amide bonds. The van der Waals surface area contributed by atoms with Crippen LogP contribution in [0.25, 0.3) is 0 Å². The summed E-state index contributed by atoms with van der Waals surface area (Å²) < 4.78 is 0. The van der Waals surface area contributed by atoms with Crippen molar-refractivity contribution in [2.24, 2.45) is 11.8 Å². The van der Waals surface area contributed by atoms with E-state index >= 15 is 0 Å². The van der Waals surface area contributed by atoms with E-state index in [1.807, 2.05) is 0 Å². The van der Waals surface area contributed by atoms with E-state index in [1.165, 1.54) is 77.4 Å². The number of piperidine rings is 4. The highest BCUT2D eigenvalue weighted by Crippen LogP contribution is 2.46. The van der Waals surface area contributed by atoms with Crippen LogP contribution in [-0.4, -0.2) is 47.6 Å². The zero-order valence-corrected chi connectivity index (χ0v) is 14.0. The zero-order chi connectivity index (χ0) is 14.2.